The summed E-state index contributed by atoms with van der Waals surface area (Å²) in [5, 5.41) is 0. The van der Waals surface area contributed by atoms with E-state index in [-0.39, 0.29) is 25.2 Å². The van der Waals surface area contributed by atoms with Crippen LogP contribution < -0.4 is 0 Å². The Morgan fingerprint density at radius 3 is 1.18 bits per heavy atom. The summed E-state index contributed by atoms with van der Waals surface area (Å²) < 4.78 is 17.4. The van der Waals surface area contributed by atoms with Crippen LogP contribution in [0.1, 0.15) is 278 Å². The Labute approximate surface area is 386 Å². The minimum absolute atomic E-state index is 0.0810. The fourth-order valence-corrected chi connectivity index (χ4v) is 7.81. The van der Waals surface area contributed by atoms with Crippen LogP contribution in [0.5, 0.6) is 0 Å². The van der Waals surface area contributed by atoms with E-state index in [0.29, 0.717) is 19.4 Å². The summed E-state index contributed by atoms with van der Waals surface area (Å²) in [6.07, 6.45) is 65.5. The van der Waals surface area contributed by atoms with Gasteiger partial charge in [0.1, 0.15) is 6.61 Å². The van der Waals surface area contributed by atoms with E-state index in [1.54, 1.807) is 0 Å². The molecule has 1 unspecified atom stereocenters. The van der Waals surface area contributed by atoms with Crippen molar-refractivity contribution in [3.63, 3.8) is 0 Å². The Morgan fingerprint density at radius 1 is 0.371 bits per heavy atom. The second-order valence-corrected chi connectivity index (χ2v) is 18.1. The van der Waals surface area contributed by atoms with Crippen LogP contribution in [-0.2, 0) is 23.8 Å². The number of carbonyl (C=O) groups excluding carboxylic acids is 2. The molecular weight excluding hydrogens is 765 g/mol. The van der Waals surface area contributed by atoms with Crippen molar-refractivity contribution < 1.29 is 23.8 Å². The highest BCUT2D eigenvalue weighted by molar-refractivity contribution is 5.70. The molecule has 0 aliphatic carbocycles. The summed E-state index contributed by atoms with van der Waals surface area (Å²) in [5.41, 5.74) is 0. The third-order valence-electron chi connectivity index (χ3n) is 11.8. The summed E-state index contributed by atoms with van der Waals surface area (Å²) in [5.74, 6) is -0.397. The van der Waals surface area contributed by atoms with E-state index in [9.17, 15) is 9.59 Å². The fraction of sp³-hybridized carbons (Fsp3) is 0.825. The van der Waals surface area contributed by atoms with E-state index in [1.165, 1.54) is 180 Å². The Bertz CT molecular complexity index is 1030. The Kier molecular flexibility index (Phi) is 51.4. The molecule has 5 heteroatoms. The van der Waals surface area contributed by atoms with Gasteiger partial charge in [0.15, 0.2) is 6.10 Å². The van der Waals surface area contributed by atoms with Crippen molar-refractivity contribution in [3.8, 4) is 0 Å². The lowest BCUT2D eigenvalue weighted by molar-refractivity contribution is -0.163. The third kappa shape index (κ3) is 50.5. The molecule has 0 saturated carbocycles. The molecule has 0 aliphatic heterocycles. The molecule has 0 heterocycles. The van der Waals surface area contributed by atoms with Crippen LogP contribution in [0.2, 0.25) is 0 Å². The molecular formula is C57H104O5. The molecule has 362 valence electrons. The van der Waals surface area contributed by atoms with Crippen LogP contribution >= 0.6 is 0 Å². The van der Waals surface area contributed by atoms with Gasteiger partial charge in [-0.1, -0.05) is 236 Å². The van der Waals surface area contributed by atoms with Crippen molar-refractivity contribution in [3.05, 3.63) is 48.6 Å². The first-order valence-corrected chi connectivity index (χ1v) is 27.2. The van der Waals surface area contributed by atoms with Gasteiger partial charge in [-0.25, -0.2) is 0 Å². The largest absolute Gasteiger partial charge is 0.462 e. The van der Waals surface area contributed by atoms with E-state index in [1.807, 2.05) is 0 Å². The zero-order valence-electron chi connectivity index (χ0n) is 41.6. The van der Waals surface area contributed by atoms with Gasteiger partial charge < -0.3 is 14.2 Å². The summed E-state index contributed by atoms with van der Waals surface area (Å²) in [4.78, 5) is 25.4. The highest BCUT2D eigenvalue weighted by Gasteiger charge is 2.17. The number of unbranched alkanes of at least 4 members (excludes halogenated alkanes) is 31. The second kappa shape index (κ2) is 53.2. The zero-order valence-corrected chi connectivity index (χ0v) is 41.6. The number of allylic oxidation sites excluding steroid dienone is 8. The number of ether oxygens (including phenoxy) is 3. The molecule has 0 aromatic heterocycles. The van der Waals surface area contributed by atoms with E-state index in [0.717, 1.165) is 64.2 Å². The van der Waals surface area contributed by atoms with Crippen LogP contribution in [0, 0.1) is 0 Å². The molecule has 0 aliphatic rings. The predicted octanol–water partition coefficient (Wildman–Crippen LogP) is 18.3. The van der Waals surface area contributed by atoms with Crippen molar-refractivity contribution >= 4 is 11.9 Å². The first kappa shape index (κ1) is 59.9. The van der Waals surface area contributed by atoms with E-state index < -0.39 is 6.10 Å². The van der Waals surface area contributed by atoms with Gasteiger partial charge in [0.25, 0.3) is 0 Å². The smallest absolute Gasteiger partial charge is 0.306 e. The highest BCUT2D eigenvalue weighted by Crippen LogP contribution is 2.15. The topological polar surface area (TPSA) is 61.8 Å². The van der Waals surface area contributed by atoms with Gasteiger partial charge in [0, 0.05) is 19.4 Å². The summed E-state index contributed by atoms with van der Waals surface area (Å²) in [7, 11) is 0. The number of esters is 2. The van der Waals surface area contributed by atoms with Gasteiger partial charge in [-0.05, 0) is 77.0 Å². The summed E-state index contributed by atoms with van der Waals surface area (Å²) >= 11 is 0. The number of hydrogen-bond donors (Lipinski definition) is 0. The molecule has 5 nitrogen and oxygen atoms in total. The lowest BCUT2D eigenvalue weighted by atomic mass is 10.0. The van der Waals surface area contributed by atoms with Crippen LogP contribution in [0.25, 0.3) is 0 Å². The number of hydrogen-bond acceptors (Lipinski definition) is 5. The Hall–Kier alpha value is -2.14. The lowest BCUT2D eigenvalue weighted by Gasteiger charge is -2.18. The zero-order chi connectivity index (χ0) is 44.9. The molecule has 0 amide bonds. The predicted molar refractivity (Wildman–Crippen MR) is 270 cm³/mol. The fourth-order valence-electron chi connectivity index (χ4n) is 7.81. The van der Waals surface area contributed by atoms with Crippen molar-refractivity contribution in [1.82, 2.24) is 0 Å². The summed E-state index contributed by atoms with van der Waals surface area (Å²) in [6.45, 7) is 7.72. The molecule has 0 saturated heterocycles. The molecule has 1 atom stereocenters. The Balaban J connectivity index is 4.26. The van der Waals surface area contributed by atoms with E-state index in [4.69, 9.17) is 14.2 Å². The highest BCUT2D eigenvalue weighted by atomic mass is 16.6. The van der Waals surface area contributed by atoms with Crippen LogP contribution in [-0.4, -0.2) is 37.9 Å². The normalized spacial score (nSPS) is 12.5. The first-order valence-electron chi connectivity index (χ1n) is 27.2. The van der Waals surface area contributed by atoms with Crippen LogP contribution in [0.3, 0.4) is 0 Å². The molecule has 0 spiro atoms. The molecule has 0 N–H and O–H groups in total. The van der Waals surface area contributed by atoms with Gasteiger partial charge in [0.05, 0.1) is 6.61 Å². The van der Waals surface area contributed by atoms with Crippen molar-refractivity contribution in [2.45, 2.75) is 284 Å². The van der Waals surface area contributed by atoms with Crippen molar-refractivity contribution in [1.29, 1.82) is 0 Å². The molecule has 0 radical (unpaired) electrons. The Morgan fingerprint density at radius 2 is 0.726 bits per heavy atom. The standard InChI is InChI=1S/C57H104O5/c1-4-7-10-13-16-19-22-25-27-29-30-33-35-38-41-44-47-50-56(58)61-54-55(62-57(59)51-48-45-42-39-36-32-24-21-18-15-12-9-6-3)53-60-52-49-46-43-40-37-34-31-28-26-23-20-17-14-11-8-5-2/h8,11,17,20,25-28,55H,4-7,9-10,12-16,18-19,21-24,29-54H2,1-3H3/b11-8-,20-17-,27-25-,28-26-. The maximum absolute atomic E-state index is 12.8. The number of carbonyl (C=O) groups is 2. The SMILES string of the molecule is CC/C=C\C/C=C\C/C=C\CCCCCCCCOCC(COC(=O)CCCCCCCCC/C=C\CCCCCCCC)OC(=O)CCCCCCCCCCCCCCC. The van der Waals surface area contributed by atoms with Gasteiger partial charge in [-0.2, -0.15) is 0 Å². The maximum Gasteiger partial charge on any atom is 0.306 e. The molecule has 62 heavy (non-hydrogen) atoms. The van der Waals surface area contributed by atoms with Gasteiger partial charge in [0.2, 0.25) is 0 Å². The molecule has 0 aromatic rings. The minimum Gasteiger partial charge on any atom is -0.462 e. The molecule has 0 fully saturated rings. The quantitative estimate of drug-likeness (QED) is 0.0346. The summed E-state index contributed by atoms with van der Waals surface area (Å²) in [6, 6.07) is 0. The van der Waals surface area contributed by atoms with Crippen LogP contribution in [0.15, 0.2) is 48.6 Å². The lowest BCUT2D eigenvalue weighted by Crippen LogP contribution is -2.30. The monoisotopic (exact) mass is 869 g/mol. The van der Waals surface area contributed by atoms with Gasteiger partial charge in [-0.3, -0.25) is 9.59 Å². The molecule has 0 bridgehead atoms. The molecule has 0 rings (SSSR count). The van der Waals surface area contributed by atoms with Crippen molar-refractivity contribution in [2.75, 3.05) is 19.8 Å². The van der Waals surface area contributed by atoms with Gasteiger partial charge in [-0.15, -0.1) is 0 Å². The van der Waals surface area contributed by atoms with E-state index >= 15 is 0 Å². The second-order valence-electron chi connectivity index (χ2n) is 18.1. The molecule has 0 aromatic carbocycles. The first-order chi connectivity index (χ1) is 30.6. The van der Waals surface area contributed by atoms with Crippen LogP contribution in [0.4, 0.5) is 0 Å². The maximum atomic E-state index is 12.8. The van der Waals surface area contributed by atoms with Crippen molar-refractivity contribution in [2.24, 2.45) is 0 Å². The number of rotatable bonds is 50. The van der Waals surface area contributed by atoms with Gasteiger partial charge >= 0.3 is 11.9 Å². The average Bonchev–Trinajstić information content (AvgIpc) is 3.27. The average molecular weight is 869 g/mol. The van der Waals surface area contributed by atoms with E-state index in [2.05, 4.69) is 69.4 Å². The third-order valence-corrected chi connectivity index (χ3v) is 11.8. The minimum atomic E-state index is -0.541.